The molecule has 3 N–H and O–H groups in total. The van der Waals surface area contributed by atoms with Crippen molar-refractivity contribution in [3.8, 4) is 5.75 Å². The first-order valence-electron chi connectivity index (χ1n) is 9.11. The molecule has 0 saturated heterocycles. The van der Waals surface area contributed by atoms with Crippen molar-refractivity contribution in [1.29, 1.82) is 0 Å². The summed E-state index contributed by atoms with van der Waals surface area (Å²) in [6, 6.07) is 7.76. The third kappa shape index (κ3) is 9.99. The molecule has 0 radical (unpaired) electrons. The fraction of sp³-hybridized carbons (Fsp3) is 0.632. The second-order valence-electron chi connectivity index (χ2n) is 6.54. The maximum absolute atomic E-state index is 9.96. The summed E-state index contributed by atoms with van der Waals surface area (Å²) in [7, 11) is 0. The van der Waals surface area contributed by atoms with Crippen LogP contribution in [0, 0.1) is 5.92 Å². The molecule has 1 rings (SSSR count). The molecule has 0 aliphatic heterocycles. The Bertz CT molecular complexity index is 541. The largest absolute Gasteiger partial charge is 0.488 e. The number of halogens is 1. The molecular weight excluding hydrogens is 398 g/mol. The molecule has 0 spiro atoms. The number of benzene rings is 1. The number of hydrogen-bond donors (Lipinski definition) is 3. The molecule has 148 valence electrons. The number of aliphatic hydroxyl groups is 1. The molecule has 0 aliphatic rings. The van der Waals surface area contributed by atoms with Gasteiger partial charge in [-0.1, -0.05) is 26.0 Å². The minimum Gasteiger partial charge on any atom is -0.488 e. The highest BCUT2D eigenvalue weighted by Gasteiger charge is 2.09. The first-order valence-corrected chi connectivity index (χ1v) is 9.90. The molecule has 2 unspecified atom stereocenters. The normalized spacial score (nSPS) is 14.2. The molecule has 0 aromatic heterocycles. The number of para-hydroxylation sites is 1. The standard InChI is InChI=1S/C19H32BrN3O3/c1-5-21-19(23-11-16(24)13-25-12-14(2)3)22-10-15(4)26-18-9-7-6-8-17(18)20/h6-9,14-16,24H,5,10-13H2,1-4H3,(H2,21,22,23). The lowest BCUT2D eigenvalue weighted by atomic mass is 10.2. The number of aliphatic imine (C=N–C) groups is 1. The number of nitrogens with one attached hydrogen (secondary N) is 2. The number of aliphatic hydroxyl groups excluding tert-OH is 1. The number of guanidine groups is 1. The number of hydrogen-bond acceptors (Lipinski definition) is 4. The van der Waals surface area contributed by atoms with Crippen molar-refractivity contribution in [3.63, 3.8) is 0 Å². The highest BCUT2D eigenvalue weighted by atomic mass is 79.9. The summed E-state index contributed by atoms with van der Waals surface area (Å²) in [5, 5.41) is 16.4. The number of rotatable bonds is 11. The molecule has 0 bridgehead atoms. The lowest BCUT2D eigenvalue weighted by Gasteiger charge is -2.19. The molecule has 0 amide bonds. The predicted molar refractivity (Wildman–Crippen MR) is 110 cm³/mol. The summed E-state index contributed by atoms with van der Waals surface area (Å²) in [4.78, 5) is 4.41. The van der Waals surface area contributed by atoms with Gasteiger partial charge in [0.15, 0.2) is 5.96 Å². The number of nitrogens with zero attached hydrogens (tertiary/aromatic N) is 1. The van der Waals surface area contributed by atoms with Gasteiger partial charge in [0.2, 0.25) is 0 Å². The molecule has 26 heavy (non-hydrogen) atoms. The summed E-state index contributed by atoms with van der Waals surface area (Å²) >= 11 is 3.48. The summed E-state index contributed by atoms with van der Waals surface area (Å²) in [6.45, 7) is 10.7. The Labute approximate surface area is 165 Å². The van der Waals surface area contributed by atoms with Crippen LogP contribution in [0.5, 0.6) is 5.75 Å². The fourth-order valence-electron chi connectivity index (χ4n) is 2.07. The van der Waals surface area contributed by atoms with Gasteiger partial charge >= 0.3 is 0 Å². The second kappa shape index (κ2) is 12.9. The molecule has 6 nitrogen and oxygen atoms in total. The van der Waals surface area contributed by atoms with Gasteiger partial charge in [-0.3, -0.25) is 4.99 Å². The maximum atomic E-state index is 9.96. The van der Waals surface area contributed by atoms with Crippen molar-refractivity contribution in [3.05, 3.63) is 28.7 Å². The van der Waals surface area contributed by atoms with Crippen molar-refractivity contribution in [1.82, 2.24) is 10.6 Å². The van der Waals surface area contributed by atoms with Gasteiger partial charge in [-0.2, -0.15) is 0 Å². The van der Waals surface area contributed by atoms with E-state index in [1.807, 2.05) is 38.1 Å². The number of ether oxygens (including phenoxy) is 2. The summed E-state index contributed by atoms with van der Waals surface area (Å²) in [6.07, 6.45) is -0.657. The van der Waals surface area contributed by atoms with Gasteiger partial charge in [0, 0.05) is 13.2 Å². The van der Waals surface area contributed by atoms with Gasteiger partial charge in [0.25, 0.3) is 0 Å². The van der Waals surface area contributed by atoms with Gasteiger partial charge in [0.05, 0.1) is 30.3 Å². The van der Waals surface area contributed by atoms with Crippen LogP contribution in [0.3, 0.4) is 0 Å². The van der Waals surface area contributed by atoms with E-state index < -0.39 is 6.10 Å². The van der Waals surface area contributed by atoms with E-state index in [2.05, 4.69) is 45.4 Å². The zero-order valence-electron chi connectivity index (χ0n) is 16.2. The molecule has 0 fully saturated rings. The van der Waals surface area contributed by atoms with E-state index in [0.29, 0.717) is 31.6 Å². The van der Waals surface area contributed by atoms with E-state index in [9.17, 15) is 5.11 Å². The average Bonchev–Trinajstić information content (AvgIpc) is 2.59. The third-order valence-corrected chi connectivity index (χ3v) is 3.94. The Morgan fingerprint density at radius 1 is 1.19 bits per heavy atom. The monoisotopic (exact) mass is 429 g/mol. The minimum atomic E-state index is -0.613. The second-order valence-corrected chi connectivity index (χ2v) is 7.40. The molecule has 1 aromatic rings. The highest BCUT2D eigenvalue weighted by Crippen LogP contribution is 2.24. The highest BCUT2D eigenvalue weighted by molar-refractivity contribution is 9.10. The smallest absolute Gasteiger partial charge is 0.191 e. The van der Waals surface area contributed by atoms with E-state index in [1.165, 1.54) is 0 Å². The molecule has 1 aromatic carbocycles. The maximum Gasteiger partial charge on any atom is 0.191 e. The average molecular weight is 430 g/mol. The Morgan fingerprint density at radius 3 is 2.58 bits per heavy atom. The van der Waals surface area contributed by atoms with Crippen molar-refractivity contribution in [2.45, 2.75) is 39.9 Å². The van der Waals surface area contributed by atoms with Gasteiger partial charge in [0.1, 0.15) is 11.9 Å². The van der Waals surface area contributed by atoms with Crippen LogP contribution >= 0.6 is 15.9 Å². The molecule has 0 aliphatic carbocycles. The van der Waals surface area contributed by atoms with E-state index in [-0.39, 0.29) is 12.6 Å². The third-order valence-electron chi connectivity index (χ3n) is 3.29. The van der Waals surface area contributed by atoms with Crippen LogP contribution in [0.1, 0.15) is 27.7 Å². The summed E-state index contributed by atoms with van der Waals surface area (Å²) < 4.78 is 12.3. The Balaban J connectivity index is 2.42. The molecule has 0 saturated carbocycles. The molecule has 2 atom stereocenters. The van der Waals surface area contributed by atoms with Crippen molar-refractivity contribution in [2.75, 3.05) is 32.8 Å². The van der Waals surface area contributed by atoms with Gasteiger partial charge in [-0.05, 0) is 47.8 Å². The van der Waals surface area contributed by atoms with Crippen LogP contribution in [-0.4, -0.2) is 56.1 Å². The Kier molecular flexibility index (Phi) is 11.3. The zero-order valence-corrected chi connectivity index (χ0v) is 17.8. The molecule has 7 heteroatoms. The SMILES string of the molecule is CCNC(=NCC(O)COCC(C)C)NCC(C)Oc1ccccc1Br. The van der Waals surface area contributed by atoms with E-state index >= 15 is 0 Å². The minimum absolute atomic E-state index is 0.0446. The van der Waals surface area contributed by atoms with Gasteiger partial charge in [-0.15, -0.1) is 0 Å². The predicted octanol–water partition coefficient (Wildman–Crippen LogP) is 2.81. The van der Waals surface area contributed by atoms with E-state index in [4.69, 9.17) is 9.47 Å². The molecular formula is C19H32BrN3O3. The van der Waals surface area contributed by atoms with Crippen LogP contribution in [0.4, 0.5) is 0 Å². The van der Waals surface area contributed by atoms with Crippen LogP contribution in [0.2, 0.25) is 0 Å². The zero-order chi connectivity index (χ0) is 19.4. The summed E-state index contributed by atoms with van der Waals surface area (Å²) in [5.41, 5.74) is 0. The van der Waals surface area contributed by atoms with Crippen LogP contribution in [0.15, 0.2) is 33.7 Å². The van der Waals surface area contributed by atoms with Crippen LogP contribution in [0.25, 0.3) is 0 Å². The van der Waals surface area contributed by atoms with Gasteiger partial charge in [-0.25, -0.2) is 0 Å². The first-order chi connectivity index (χ1) is 12.4. The Morgan fingerprint density at radius 2 is 1.92 bits per heavy atom. The first kappa shape index (κ1) is 22.7. The lowest BCUT2D eigenvalue weighted by Crippen LogP contribution is -2.42. The van der Waals surface area contributed by atoms with E-state index in [0.717, 1.165) is 16.8 Å². The Hall–Kier alpha value is -1.31. The van der Waals surface area contributed by atoms with E-state index in [1.54, 1.807) is 0 Å². The van der Waals surface area contributed by atoms with Crippen molar-refractivity contribution < 1.29 is 14.6 Å². The quantitative estimate of drug-likeness (QED) is 0.372. The van der Waals surface area contributed by atoms with Gasteiger partial charge < -0.3 is 25.2 Å². The fourth-order valence-corrected chi connectivity index (χ4v) is 2.45. The van der Waals surface area contributed by atoms with Crippen molar-refractivity contribution >= 4 is 21.9 Å². The summed E-state index contributed by atoms with van der Waals surface area (Å²) in [5.74, 6) is 1.91. The van der Waals surface area contributed by atoms with Crippen LogP contribution in [-0.2, 0) is 4.74 Å². The van der Waals surface area contributed by atoms with Crippen LogP contribution < -0.4 is 15.4 Å². The topological polar surface area (TPSA) is 75.1 Å². The molecule has 0 heterocycles. The van der Waals surface area contributed by atoms with Crippen molar-refractivity contribution in [2.24, 2.45) is 10.9 Å². The lowest BCUT2D eigenvalue weighted by molar-refractivity contribution is 0.0301.